The van der Waals surface area contributed by atoms with Crippen LogP contribution in [0, 0.1) is 6.92 Å². The lowest BCUT2D eigenvalue weighted by atomic mass is 10.2. The van der Waals surface area contributed by atoms with E-state index in [9.17, 15) is 9.00 Å². The van der Waals surface area contributed by atoms with E-state index in [2.05, 4.69) is 5.32 Å². The number of hydrogen-bond donors (Lipinski definition) is 2. The van der Waals surface area contributed by atoms with Gasteiger partial charge in [-0.25, -0.2) is 0 Å². The van der Waals surface area contributed by atoms with E-state index in [1.165, 1.54) is 0 Å². The molecule has 0 fully saturated rings. The highest BCUT2D eigenvalue weighted by Crippen LogP contribution is 2.13. The van der Waals surface area contributed by atoms with Gasteiger partial charge in [0.25, 0.3) is 0 Å². The van der Waals surface area contributed by atoms with Gasteiger partial charge in [-0.2, -0.15) is 0 Å². The largest absolute Gasteiger partial charge is 0.326 e. The highest BCUT2D eigenvalue weighted by atomic mass is 32.2. The van der Waals surface area contributed by atoms with Crippen molar-refractivity contribution in [1.82, 2.24) is 0 Å². The molecule has 0 spiro atoms. The zero-order chi connectivity index (χ0) is 15.2. The van der Waals surface area contributed by atoms with E-state index in [1.807, 2.05) is 37.3 Å². The Bertz CT molecular complexity index is 654. The predicted molar refractivity (Wildman–Crippen MR) is 85.4 cm³/mol. The summed E-state index contributed by atoms with van der Waals surface area (Å²) in [5.41, 5.74) is 8.12. The Labute approximate surface area is 126 Å². The van der Waals surface area contributed by atoms with E-state index in [-0.39, 0.29) is 11.7 Å². The van der Waals surface area contributed by atoms with Crippen LogP contribution in [-0.2, 0) is 22.1 Å². The molecular weight excluding hydrogens is 284 g/mol. The van der Waals surface area contributed by atoms with Gasteiger partial charge in [-0.15, -0.1) is 0 Å². The number of anilines is 1. The highest BCUT2D eigenvalue weighted by Gasteiger charge is 2.12. The molecule has 2 rings (SSSR count). The van der Waals surface area contributed by atoms with Gasteiger partial charge in [-0.3, -0.25) is 9.00 Å². The van der Waals surface area contributed by atoms with Crippen LogP contribution < -0.4 is 11.1 Å². The molecule has 0 aromatic heterocycles. The number of amides is 1. The van der Waals surface area contributed by atoms with Crippen LogP contribution in [0.5, 0.6) is 0 Å². The fraction of sp³-hybridized carbons (Fsp3) is 0.188. The minimum Gasteiger partial charge on any atom is -0.326 e. The normalized spacial score (nSPS) is 11.9. The minimum absolute atomic E-state index is 0.0521. The third-order valence-corrected chi connectivity index (χ3v) is 4.55. The van der Waals surface area contributed by atoms with Crippen LogP contribution in [0.15, 0.2) is 53.4 Å². The molecule has 2 aromatic rings. The number of nitrogens with two attached hydrogens (primary N) is 1. The van der Waals surface area contributed by atoms with Crippen LogP contribution >= 0.6 is 0 Å². The summed E-state index contributed by atoms with van der Waals surface area (Å²) in [6.07, 6.45) is 0. The standard InChI is InChI=1S/C16H18N2O2S/c1-12-4-2-3-5-15(12)21(20)11-16(19)18-14-8-6-13(10-17)7-9-14/h2-9H,10-11,17H2,1H3,(H,18,19). The van der Waals surface area contributed by atoms with E-state index in [4.69, 9.17) is 5.73 Å². The summed E-state index contributed by atoms with van der Waals surface area (Å²) in [5.74, 6) is -0.319. The second-order valence-electron chi connectivity index (χ2n) is 4.70. The van der Waals surface area contributed by atoms with Crippen molar-refractivity contribution in [2.24, 2.45) is 5.73 Å². The van der Waals surface area contributed by atoms with Gasteiger partial charge in [-0.1, -0.05) is 30.3 Å². The van der Waals surface area contributed by atoms with Gasteiger partial charge in [-0.05, 0) is 36.2 Å². The van der Waals surface area contributed by atoms with Crippen LogP contribution in [0.1, 0.15) is 11.1 Å². The maximum atomic E-state index is 12.2. The van der Waals surface area contributed by atoms with Crippen LogP contribution in [0.4, 0.5) is 5.69 Å². The topological polar surface area (TPSA) is 72.2 Å². The van der Waals surface area contributed by atoms with Gasteiger partial charge in [0, 0.05) is 17.1 Å². The minimum atomic E-state index is -1.34. The van der Waals surface area contributed by atoms with E-state index in [0.717, 1.165) is 11.1 Å². The van der Waals surface area contributed by atoms with E-state index >= 15 is 0 Å². The molecule has 3 N–H and O–H groups in total. The van der Waals surface area contributed by atoms with E-state index in [1.54, 1.807) is 18.2 Å². The third-order valence-electron chi connectivity index (χ3n) is 3.07. The van der Waals surface area contributed by atoms with Gasteiger partial charge in [0.1, 0.15) is 5.75 Å². The highest BCUT2D eigenvalue weighted by molar-refractivity contribution is 7.85. The van der Waals surface area contributed by atoms with Gasteiger partial charge in [0.2, 0.25) is 5.91 Å². The van der Waals surface area contributed by atoms with Crippen molar-refractivity contribution in [3.63, 3.8) is 0 Å². The predicted octanol–water partition coefficient (Wildman–Crippen LogP) is 2.20. The first-order valence-corrected chi connectivity index (χ1v) is 7.95. The molecule has 0 bridgehead atoms. The van der Waals surface area contributed by atoms with Crippen LogP contribution in [0.25, 0.3) is 0 Å². The Morgan fingerprint density at radius 2 is 1.81 bits per heavy atom. The molecule has 4 nitrogen and oxygen atoms in total. The molecule has 1 atom stereocenters. The van der Waals surface area contributed by atoms with Crippen molar-refractivity contribution in [3.05, 3.63) is 59.7 Å². The molecule has 110 valence electrons. The molecule has 5 heteroatoms. The van der Waals surface area contributed by atoms with Crippen molar-refractivity contribution < 1.29 is 9.00 Å². The lowest BCUT2D eigenvalue weighted by Crippen LogP contribution is -2.19. The molecule has 1 unspecified atom stereocenters. The van der Waals surface area contributed by atoms with E-state index < -0.39 is 10.8 Å². The van der Waals surface area contributed by atoms with Crippen molar-refractivity contribution in [1.29, 1.82) is 0 Å². The fourth-order valence-corrected chi connectivity index (χ4v) is 3.05. The molecular formula is C16H18N2O2S. The summed E-state index contributed by atoms with van der Waals surface area (Å²) in [5, 5.41) is 2.74. The fourth-order valence-electron chi connectivity index (χ4n) is 1.93. The molecule has 21 heavy (non-hydrogen) atoms. The summed E-state index contributed by atoms with van der Waals surface area (Å²) < 4.78 is 12.2. The molecule has 0 aliphatic heterocycles. The Morgan fingerprint density at radius 1 is 1.14 bits per heavy atom. The maximum Gasteiger partial charge on any atom is 0.237 e. The second kappa shape index (κ2) is 7.15. The lowest BCUT2D eigenvalue weighted by molar-refractivity contribution is -0.113. The monoisotopic (exact) mass is 302 g/mol. The van der Waals surface area contributed by atoms with Crippen molar-refractivity contribution in [3.8, 4) is 0 Å². The second-order valence-corrected chi connectivity index (χ2v) is 6.12. The summed E-state index contributed by atoms with van der Waals surface area (Å²) in [6.45, 7) is 2.35. The van der Waals surface area contributed by atoms with Gasteiger partial charge in [0.15, 0.2) is 0 Å². The molecule has 0 saturated carbocycles. The Hall–Kier alpha value is -1.98. The van der Waals surface area contributed by atoms with Crippen LogP contribution in [-0.4, -0.2) is 15.9 Å². The average molecular weight is 302 g/mol. The zero-order valence-electron chi connectivity index (χ0n) is 11.8. The number of carbonyl (C=O) groups is 1. The van der Waals surface area contributed by atoms with Crippen molar-refractivity contribution in [2.75, 3.05) is 11.1 Å². The number of aryl methyl sites for hydroxylation is 1. The maximum absolute atomic E-state index is 12.2. The zero-order valence-corrected chi connectivity index (χ0v) is 12.7. The molecule has 0 heterocycles. The van der Waals surface area contributed by atoms with Crippen molar-refractivity contribution >= 4 is 22.4 Å². The number of rotatable bonds is 5. The van der Waals surface area contributed by atoms with Crippen LogP contribution in [0.2, 0.25) is 0 Å². The molecule has 0 saturated heterocycles. The van der Waals surface area contributed by atoms with Crippen LogP contribution in [0.3, 0.4) is 0 Å². The SMILES string of the molecule is Cc1ccccc1S(=O)CC(=O)Nc1ccc(CN)cc1. The summed E-state index contributed by atoms with van der Waals surface area (Å²) in [4.78, 5) is 12.6. The molecule has 0 aliphatic carbocycles. The molecule has 2 aromatic carbocycles. The van der Waals surface area contributed by atoms with Gasteiger partial charge in [0.05, 0.1) is 10.8 Å². The summed E-state index contributed by atoms with van der Waals surface area (Å²) in [7, 11) is -1.34. The Kier molecular flexibility index (Phi) is 5.25. The van der Waals surface area contributed by atoms with Crippen molar-refractivity contribution in [2.45, 2.75) is 18.4 Å². The summed E-state index contributed by atoms with van der Waals surface area (Å²) in [6, 6.07) is 14.7. The lowest BCUT2D eigenvalue weighted by Gasteiger charge is -2.07. The smallest absolute Gasteiger partial charge is 0.237 e. The third kappa shape index (κ3) is 4.24. The number of carbonyl (C=O) groups excluding carboxylic acids is 1. The quantitative estimate of drug-likeness (QED) is 0.889. The first-order valence-electron chi connectivity index (χ1n) is 6.63. The van der Waals surface area contributed by atoms with Gasteiger partial charge < -0.3 is 11.1 Å². The first-order chi connectivity index (χ1) is 10.1. The number of hydrogen-bond acceptors (Lipinski definition) is 3. The molecule has 0 radical (unpaired) electrons. The summed E-state index contributed by atoms with van der Waals surface area (Å²) >= 11 is 0. The first kappa shape index (κ1) is 15.4. The average Bonchev–Trinajstić information content (AvgIpc) is 2.48. The molecule has 1 amide bonds. The number of benzene rings is 2. The van der Waals surface area contributed by atoms with Gasteiger partial charge >= 0.3 is 0 Å². The van der Waals surface area contributed by atoms with E-state index in [0.29, 0.717) is 17.1 Å². The molecule has 0 aliphatic rings. The Balaban J connectivity index is 1.98. The Morgan fingerprint density at radius 3 is 2.43 bits per heavy atom. The number of nitrogens with one attached hydrogen (secondary N) is 1.